The monoisotopic (exact) mass is 272 g/mol. The van der Waals surface area contributed by atoms with Gasteiger partial charge in [0, 0.05) is 18.6 Å². The topological polar surface area (TPSA) is 75.6 Å². The number of anilines is 1. The Morgan fingerprint density at radius 3 is 3.10 bits per heavy atom. The van der Waals surface area contributed by atoms with Crippen molar-refractivity contribution in [2.75, 3.05) is 11.9 Å². The maximum atomic E-state index is 9.33. The molecule has 0 spiro atoms. The number of aromatic nitrogens is 3. The predicted molar refractivity (Wildman–Crippen MR) is 75.5 cm³/mol. The second-order valence-electron chi connectivity index (χ2n) is 4.54. The summed E-state index contributed by atoms with van der Waals surface area (Å²) in [6.07, 6.45) is 7.86. The van der Waals surface area contributed by atoms with E-state index in [0.717, 1.165) is 17.8 Å². The normalized spacial score (nSPS) is 12.7. The van der Waals surface area contributed by atoms with Crippen LogP contribution in [-0.2, 0) is 0 Å². The van der Waals surface area contributed by atoms with E-state index in [2.05, 4.69) is 15.3 Å². The molecule has 0 amide bonds. The minimum Gasteiger partial charge on any atom is -0.463 e. The fraction of sp³-hybridized carbons (Fsp3) is 0.286. The second kappa shape index (κ2) is 5.34. The van der Waals surface area contributed by atoms with E-state index in [4.69, 9.17) is 4.42 Å². The van der Waals surface area contributed by atoms with Crippen molar-refractivity contribution < 1.29 is 9.52 Å². The molecule has 0 radical (unpaired) electrons. The lowest BCUT2D eigenvalue weighted by Crippen LogP contribution is -2.23. The molecule has 0 fully saturated rings. The van der Waals surface area contributed by atoms with Crippen LogP contribution in [-0.4, -0.2) is 32.1 Å². The van der Waals surface area contributed by atoms with Crippen LogP contribution in [0.3, 0.4) is 0 Å². The molecule has 6 heteroatoms. The SMILES string of the molecule is CCC(CO)Nc1nc(-c2ccco2)cn2ccnc12. The number of aliphatic hydroxyl groups is 1. The molecule has 1 unspecified atom stereocenters. The van der Waals surface area contributed by atoms with Gasteiger partial charge in [-0.25, -0.2) is 9.97 Å². The molecular weight excluding hydrogens is 256 g/mol. The van der Waals surface area contributed by atoms with Crippen molar-refractivity contribution in [1.29, 1.82) is 0 Å². The zero-order valence-corrected chi connectivity index (χ0v) is 11.2. The first-order valence-electron chi connectivity index (χ1n) is 6.56. The Morgan fingerprint density at radius 2 is 2.40 bits per heavy atom. The Balaban J connectivity index is 2.07. The molecule has 3 rings (SSSR count). The standard InChI is InChI=1S/C14H16N4O2/c1-2-10(9-19)16-13-14-15-5-6-18(14)8-11(17-13)12-4-3-7-20-12/h3-8,10,19H,2,9H2,1H3,(H,16,17). The van der Waals surface area contributed by atoms with E-state index >= 15 is 0 Å². The van der Waals surface area contributed by atoms with Gasteiger partial charge in [-0.15, -0.1) is 0 Å². The van der Waals surface area contributed by atoms with E-state index in [9.17, 15) is 5.11 Å². The number of fused-ring (bicyclic) bond motifs is 1. The van der Waals surface area contributed by atoms with Crippen LogP contribution in [0.25, 0.3) is 17.1 Å². The van der Waals surface area contributed by atoms with E-state index in [1.165, 1.54) is 0 Å². The summed E-state index contributed by atoms with van der Waals surface area (Å²) in [5.74, 6) is 1.34. The summed E-state index contributed by atoms with van der Waals surface area (Å²) in [6, 6.07) is 3.64. The first-order chi connectivity index (χ1) is 9.81. The summed E-state index contributed by atoms with van der Waals surface area (Å²) >= 11 is 0. The number of aliphatic hydroxyl groups excluding tert-OH is 1. The average Bonchev–Trinajstić information content (AvgIpc) is 3.14. The summed E-state index contributed by atoms with van der Waals surface area (Å²) in [5, 5.41) is 12.6. The van der Waals surface area contributed by atoms with E-state index in [1.807, 2.05) is 35.9 Å². The van der Waals surface area contributed by atoms with Gasteiger partial charge in [0.25, 0.3) is 0 Å². The molecular formula is C14H16N4O2. The van der Waals surface area contributed by atoms with Gasteiger partial charge >= 0.3 is 0 Å². The lowest BCUT2D eigenvalue weighted by Gasteiger charge is -2.15. The van der Waals surface area contributed by atoms with E-state index in [-0.39, 0.29) is 12.6 Å². The van der Waals surface area contributed by atoms with Gasteiger partial charge < -0.3 is 19.2 Å². The highest BCUT2D eigenvalue weighted by atomic mass is 16.3. The van der Waals surface area contributed by atoms with Crippen LogP contribution < -0.4 is 5.32 Å². The minimum absolute atomic E-state index is 0.0464. The molecule has 0 saturated carbocycles. The number of furan rings is 1. The minimum atomic E-state index is -0.0464. The zero-order valence-electron chi connectivity index (χ0n) is 11.2. The summed E-state index contributed by atoms with van der Waals surface area (Å²) in [7, 11) is 0. The Labute approximate surface area is 116 Å². The van der Waals surface area contributed by atoms with E-state index in [0.29, 0.717) is 11.6 Å². The predicted octanol–water partition coefficient (Wildman–Crippen LogP) is 2.17. The van der Waals surface area contributed by atoms with Crippen molar-refractivity contribution in [1.82, 2.24) is 14.4 Å². The first-order valence-corrected chi connectivity index (χ1v) is 6.56. The van der Waals surface area contributed by atoms with Gasteiger partial charge in [0.05, 0.1) is 18.9 Å². The molecule has 104 valence electrons. The maximum Gasteiger partial charge on any atom is 0.180 e. The summed E-state index contributed by atoms with van der Waals surface area (Å²) < 4.78 is 7.27. The molecule has 0 aliphatic carbocycles. The van der Waals surface area contributed by atoms with Crippen molar-refractivity contribution in [3.05, 3.63) is 37.0 Å². The van der Waals surface area contributed by atoms with Gasteiger partial charge in [-0.05, 0) is 18.6 Å². The van der Waals surface area contributed by atoms with Crippen molar-refractivity contribution in [3.8, 4) is 11.5 Å². The molecule has 3 aromatic heterocycles. The average molecular weight is 272 g/mol. The Morgan fingerprint density at radius 1 is 1.50 bits per heavy atom. The molecule has 20 heavy (non-hydrogen) atoms. The van der Waals surface area contributed by atoms with Gasteiger partial charge in [0.2, 0.25) is 0 Å². The van der Waals surface area contributed by atoms with Gasteiger partial charge in [-0.2, -0.15) is 0 Å². The molecule has 2 N–H and O–H groups in total. The van der Waals surface area contributed by atoms with Crippen molar-refractivity contribution in [2.45, 2.75) is 19.4 Å². The molecule has 3 aromatic rings. The Hall–Kier alpha value is -2.34. The van der Waals surface area contributed by atoms with Crippen LogP contribution >= 0.6 is 0 Å². The Bertz CT molecular complexity index is 686. The van der Waals surface area contributed by atoms with Crippen molar-refractivity contribution in [3.63, 3.8) is 0 Å². The first kappa shape index (κ1) is 12.7. The van der Waals surface area contributed by atoms with Gasteiger partial charge in [0.1, 0.15) is 5.69 Å². The molecule has 0 saturated heterocycles. The maximum absolute atomic E-state index is 9.33. The third kappa shape index (κ3) is 2.25. The lowest BCUT2D eigenvalue weighted by molar-refractivity contribution is 0.271. The van der Waals surface area contributed by atoms with Crippen molar-refractivity contribution >= 4 is 11.5 Å². The van der Waals surface area contributed by atoms with Crippen LogP contribution in [0, 0.1) is 0 Å². The van der Waals surface area contributed by atoms with Crippen LogP contribution in [0.5, 0.6) is 0 Å². The fourth-order valence-electron chi connectivity index (χ4n) is 2.04. The smallest absolute Gasteiger partial charge is 0.180 e. The highest BCUT2D eigenvalue weighted by Crippen LogP contribution is 2.22. The van der Waals surface area contributed by atoms with Crippen LogP contribution in [0.4, 0.5) is 5.82 Å². The van der Waals surface area contributed by atoms with E-state index < -0.39 is 0 Å². The summed E-state index contributed by atoms with van der Waals surface area (Å²) in [5.41, 5.74) is 1.45. The number of nitrogens with zero attached hydrogens (tertiary/aromatic N) is 3. The number of rotatable bonds is 5. The number of nitrogens with one attached hydrogen (secondary N) is 1. The lowest BCUT2D eigenvalue weighted by atomic mass is 10.2. The molecule has 0 bridgehead atoms. The Kier molecular flexibility index (Phi) is 3.39. The third-order valence-electron chi connectivity index (χ3n) is 3.20. The number of hydrogen-bond acceptors (Lipinski definition) is 5. The number of imidazole rings is 1. The molecule has 0 aromatic carbocycles. The quantitative estimate of drug-likeness (QED) is 0.744. The number of hydrogen-bond donors (Lipinski definition) is 2. The van der Waals surface area contributed by atoms with Gasteiger partial charge in [-0.3, -0.25) is 0 Å². The highest BCUT2D eigenvalue weighted by molar-refractivity contribution is 5.67. The summed E-state index contributed by atoms with van der Waals surface area (Å²) in [6.45, 7) is 2.06. The van der Waals surface area contributed by atoms with Gasteiger partial charge in [-0.1, -0.05) is 6.92 Å². The van der Waals surface area contributed by atoms with Crippen LogP contribution in [0.1, 0.15) is 13.3 Å². The van der Waals surface area contributed by atoms with E-state index in [1.54, 1.807) is 12.5 Å². The second-order valence-corrected chi connectivity index (χ2v) is 4.54. The molecule has 3 heterocycles. The fourth-order valence-corrected chi connectivity index (χ4v) is 2.04. The van der Waals surface area contributed by atoms with Crippen LogP contribution in [0.2, 0.25) is 0 Å². The van der Waals surface area contributed by atoms with Crippen LogP contribution in [0.15, 0.2) is 41.4 Å². The summed E-state index contributed by atoms with van der Waals surface area (Å²) in [4.78, 5) is 8.84. The molecule has 6 nitrogen and oxygen atoms in total. The molecule has 0 aliphatic heterocycles. The third-order valence-corrected chi connectivity index (χ3v) is 3.20. The highest BCUT2D eigenvalue weighted by Gasteiger charge is 2.13. The largest absolute Gasteiger partial charge is 0.463 e. The molecule has 1 atom stereocenters. The van der Waals surface area contributed by atoms with Crippen molar-refractivity contribution in [2.24, 2.45) is 0 Å². The zero-order chi connectivity index (χ0) is 13.9. The van der Waals surface area contributed by atoms with Gasteiger partial charge in [0.15, 0.2) is 17.2 Å². The molecule has 0 aliphatic rings.